The van der Waals surface area contributed by atoms with Gasteiger partial charge in [0.15, 0.2) is 6.61 Å². The van der Waals surface area contributed by atoms with Gasteiger partial charge in [0.2, 0.25) is 0 Å². The van der Waals surface area contributed by atoms with Gasteiger partial charge in [-0.05, 0) is 30.7 Å². The van der Waals surface area contributed by atoms with E-state index in [2.05, 4.69) is 12.2 Å². The summed E-state index contributed by atoms with van der Waals surface area (Å²) in [6, 6.07) is 7.37. The predicted octanol–water partition coefficient (Wildman–Crippen LogP) is 2.71. The first kappa shape index (κ1) is 16.1. The van der Waals surface area contributed by atoms with Crippen LogP contribution in [-0.2, 0) is 4.79 Å². The minimum Gasteiger partial charge on any atom is -0.484 e. The second kappa shape index (κ2) is 8.25. The molecule has 0 aromatic heterocycles. The van der Waals surface area contributed by atoms with Crippen LogP contribution in [0.25, 0.3) is 0 Å². The topological polar surface area (TPSA) is 41.6 Å². The van der Waals surface area contributed by atoms with Crippen molar-refractivity contribution in [2.24, 2.45) is 0 Å². The molecule has 1 aromatic carbocycles. The summed E-state index contributed by atoms with van der Waals surface area (Å²) < 4.78 is 5.56. The van der Waals surface area contributed by atoms with Crippen molar-refractivity contribution in [1.82, 2.24) is 10.2 Å². The summed E-state index contributed by atoms with van der Waals surface area (Å²) in [7, 11) is 0. The van der Waals surface area contributed by atoms with Crippen molar-refractivity contribution in [1.29, 1.82) is 0 Å². The molecule has 21 heavy (non-hydrogen) atoms. The molecule has 5 heteroatoms. The summed E-state index contributed by atoms with van der Waals surface area (Å²) in [6.07, 6.45) is 3.35. The quantitative estimate of drug-likeness (QED) is 0.878. The van der Waals surface area contributed by atoms with E-state index in [1.54, 1.807) is 24.3 Å². The molecule has 1 unspecified atom stereocenters. The van der Waals surface area contributed by atoms with Gasteiger partial charge in [0.1, 0.15) is 5.75 Å². The number of nitrogens with zero attached hydrogens (tertiary/aromatic N) is 1. The Bertz CT molecular complexity index is 450. The van der Waals surface area contributed by atoms with Crippen molar-refractivity contribution in [3.63, 3.8) is 0 Å². The van der Waals surface area contributed by atoms with Crippen molar-refractivity contribution in [2.75, 3.05) is 26.2 Å². The standard InChI is InChI=1S/C16H23ClN2O2/c1-2-3-4-14-11-18-9-10-19(14)16(20)12-21-15-7-5-13(17)6-8-15/h5-8,14,18H,2-4,9-12H2,1H3. The number of hydrogen-bond donors (Lipinski definition) is 1. The van der Waals surface area contributed by atoms with E-state index in [1.807, 2.05) is 4.90 Å². The number of halogens is 1. The summed E-state index contributed by atoms with van der Waals surface area (Å²) in [5.41, 5.74) is 0. The highest BCUT2D eigenvalue weighted by Crippen LogP contribution is 2.16. The molecule has 0 aliphatic carbocycles. The van der Waals surface area contributed by atoms with E-state index >= 15 is 0 Å². The van der Waals surface area contributed by atoms with E-state index in [4.69, 9.17) is 16.3 Å². The predicted molar refractivity (Wildman–Crippen MR) is 84.8 cm³/mol. The number of carbonyl (C=O) groups excluding carboxylic acids is 1. The van der Waals surface area contributed by atoms with Crippen LogP contribution in [0.5, 0.6) is 5.75 Å². The van der Waals surface area contributed by atoms with Gasteiger partial charge in [-0.15, -0.1) is 0 Å². The second-order valence-corrected chi connectivity index (χ2v) is 5.77. The highest BCUT2D eigenvalue weighted by molar-refractivity contribution is 6.30. The Labute approximate surface area is 131 Å². The van der Waals surface area contributed by atoms with Gasteiger partial charge in [0, 0.05) is 30.7 Å². The van der Waals surface area contributed by atoms with Crippen LogP contribution in [0.15, 0.2) is 24.3 Å². The zero-order chi connectivity index (χ0) is 15.1. The third kappa shape index (κ3) is 4.90. The number of ether oxygens (including phenoxy) is 1. The first-order chi connectivity index (χ1) is 10.2. The SMILES string of the molecule is CCCCC1CNCCN1C(=O)COc1ccc(Cl)cc1. The lowest BCUT2D eigenvalue weighted by atomic mass is 10.1. The molecule has 2 rings (SSSR count). The summed E-state index contributed by atoms with van der Waals surface area (Å²) in [5.74, 6) is 0.737. The summed E-state index contributed by atoms with van der Waals surface area (Å²) >= 11 is 5.83. The third-order valence-corrected chi connectivity index (χ3v) is 3.99. The highest BCUT2D eigenvalue weighted by Gasteiger charge is 2.26. The number of unbranched alkanes of at least 4 members (excludes halogenated alkanes) is 1. The fourth-order valence-electron chi connectivity index (χ4n) is 2.55. The molecule has 0 saturated carbocycles. The smallest absolute Gasteiger partial charge is 0.260 e. The van der Waals surface area contributed by atoms with Crippen molar-refractivity contribution in [3.05, 3.63) is 29.3 Å². The van der Waals surface area contributed by atoms with E-state index in [0.717, 1.165) is 38.9 Å². The summed E-state index contributed by atoms with van der Waals surface area (Å²) in [4.78, 5) is 14.3. The van der Waals surface area contributed by atoms with Crippen LogP contribution < -0.4 is 10.1 Å². The normalized spacial score (nSPS) is 18.6. The maximum atomic E-state index is 12.4. The van der Waals surface area contributed by atoms with Gasteiger partial charge in [-0.1, -0.05) is 31.4 Å². The first-order valence-corrected chi connectivity index (χ1v) is 7.97. The van der Waals surface area contributed by atoms with Crippen LogP contribution >= 0.6 is 11.6 Å². The largest absolute Gasteiger partial charge is 0.484 e. The average Bonchev–Trinajstić information content (AvgIpc) is 2.52. The molecule has 1 fully saturated rings. The Kier molecular flexibility index (Phi) is 6.33. The Morgan fingerprint density at radius 3 is 2.90 bits per heavy atom. The molecule has 1 aromatic rings. The number of carbonyl (C=O) groups is 1. The Morgan fingerprint density at radius 2 is 2.19 bits per heavy atom. The number of benzene rings is 1. The van der Waals surface area contributed by atoms with Crippen molar-refractivity contribution in [2.45, 2.75) is 32.2 Å². The molecule has 0 bridgehead atoms. The monoisotopic (exact) mass is 310 g/mol. The fourth-order valence-corrected chi connectivity index (χ4v) is 2.67. The van der Waals surface area contributed by atoms with Crippen LogP contribution in [0.3, 0.4) is 0 Å². The first-order valence-electron chi connectivity index (χ1n) is 7.59. The van der Waals surface area contributed by atoms with E-state index in [0.29, 0.717) is 16.8 Å². The molecule has 1 aliphatic heterocycles. The highest BCUT2D eigenvalue weighted by atomic mass is 35.5. The van der Waals surface area contributed by atoms with E-state index in [-0.39, 0.29) is 12.5 Å². The van der Waals surface area contributed by atoms with Gasteiger partial charge in [-0.3, -0.25) is 4.79 Å². The van der Waals surface area contributed by atoms with Crippen LogP contribution in [0.1, 0.15) is 26.2 Å². The summed E-state index contributed by atoms with van der Waals surface area (Å²) in [5, 5.41) is 4.02. The molecule has 1 atom stereocenters. The molecule has 1 amide bonds. The van der Waals surface area contributed by atoms with Crippen LogP contribution in [0, 0.1) is 0 Å². The average molecular weight is 311 g/mol. The van der Waals surface area contributed by atoms with Gasteiger partial charge in [0.05, 0.1) is 0 Å². The fraction of sp³-hybridized carbons (Fsp3) is 0.562. The van der Waals surface area contributed by atoms with E-state index in [1.165, 1.54) is 0 Å². The number of rotatable bonds is 6. The van der Waals surface area contributed by atoms with Gasteiger partial charge in [0.25, 0.3) is 5.91 Å². The molecule has 1 aliphatic rings. The third-order valence-electron chi connectivity index (χ3n) is 3.74. The van der Waals surface area contributed by atoms with Gasteiger partial charge >= 0.3 is 0 Å². The van der Waals surface area contributed by atoms with Crippen molar-refractivity contribution >= 4 is 17.5 Å². The van der Waals surface area contributed by atoms with Gasteiger partial charge in [-0.2, -0.15) is 0 Å². The molecule has 1 N–H and O–H groups in total. The van der Waals surface area contributed by atoms with E-state index < -0.39 is 0 Å². The number of amides is 1. The van der Waals surface area contributed by atoms with Gasteiger partial charge < -0.3 is 15.0 Å². The Hall–Kier alpha value is -1.26. The lowest BCUT2D eigenvalue weighted by molar-refractivity contribution is -0.136. The lowest BCUT2D eigenvalue weighted by Gasteiger charge is -2.36. The molecular weight excluding hydrogens is 288 g/mol. The zero-order valence-electron chi connectivity index (χ0n) is 12.5. The second-order valence-electron chi connectivity index (χ2n) is 5.33. The van der Waals surface area contributed by atoms with Crippen molar-refractivity contribution < 1.29 is 9.53 Å². The van der Waals surface area contributed by atoms with Crippen LogP contribution in [0.2, 0.25) is 5.02 Å². The molecule has 1 heterocycles. The Morgan fingerprint density at radius 1 is 1.43 bits per heavy atom. The molecule has 0 spiro atoms. The molecule has 116 valence electrons. The van der Waals surface area contributed by atoms with E-state index in [9.17, 15) is 4.79 Å². The minimum atomic E-state index is 0.0625. The molecule has 4 nitrogen and oxygen atoms in total. The van der Waals surface area contributed by atoms with Crippen molar-refractivity contribution in [3.8, 4) is 5.75 Å². The van der Waals surface area contributed by atoms with Crippen LogP contribution in [0.4, 0.5) is 0 Å². The number of nitrogens with one attached hydrogen (secondary N) is 1. The number of piperazine rings is 1. The Balaban J connectivity index is 1.86. The molecule has 1 saturated heterocycles. The molecular formula is C16H23ClN2O2. The molecule has 0 radical (unpaired) electrons. The maximum Gasteiger partial charge on any atom is 0.260 e. The maximum absolute atomic E-state index is 12.4. The van der Waals surface area contributed by atoms with Crippen LogP contribution in [-0.4, -0.2) is 43.1 Å². The zero-order valence-corrected chi connectivity index (χ0v) is 13.2. The minimum absolute atomic E-state index is 0.0625. The lowest BCUT2D eigenvalue weighted by Crippen LogP contribution is -2.54. The van der Waals surface area contributed by atoms with Gasteiger partial charge in [-0.25, -0.2) is 0 Å². The number of hydrogen-bond acceptors (Lipinski definition) is 3. The summed E-state index contributed by atoms with van der Waals surface area (Å²) in [6.45, 7) is 4.76.